The van der Waals surface area contributed by atoms with E-state index in [4.69, 9.17) is 9.15 Å². The molecule has 2 rings (SSSR count). The number of ether oxygens (including phenoxy) is 1. The average Bonchev–Trinajstić information content (AvgIpc) is 2.89. The molecule has 0 aliphatic carbocycles. The SMILES string of the molecule is COc1cccc2cc(C(=O)NCCC(O)C(C)(C)C)oc12. The Morgan fingerprint density at radius 1 is 1.41 bits per heavy atom. The van der Waals surface area contributed by atoms with E-state index >= 15 is 0 Å². The summed E-state index contributed by atoms with van der Waals surface area (Å²) < 4.78 is 10.8. The zero-order chi connectivity index (χ0) is 16.3. The van der Waals surface area contributed by atoms with Crippen molar-refractivity contribution in [3.63, 3.8) is 0 Å². The highest BCUT2D eigenvalue weighted by atomic mass is 16.5. The zero-order valence-electron chi connectivity index (χ0n) is 13.5. The molecule has 2 N–H and O–H groups in total. The molecule has 1 amide bonds. The van der Waals surface area contributed by atoms with Crippen LogP contribution in [-0.4, -0.2) is 30.8 Å². The van der Waals surface area contributed by atoms with Gasteiger partial charge in [0.15, 0.2) is 17.1 Å². The molecule has 1 heterocycles. The van der Waals surface area contributed by atoms with Crippen LogP contribution in [0.1, 0.15) is 37.7 Å². The Morgan fingerprint density at radius 2 is 2.14 bits per heavy atom. The van der Waals surface area contributed by atoms with Crippen molar-refractivity contribution in [3.05, 3.63) is 30.0 Å². The van der Waals surface area contributed by atoms with Crippen molar-refractivity contribution in [2.45, 2.75) is 33.3 Å². The second kappa shape index (κ2) is 6.40. The third-order valence-electron chi connectivity index (χ3n) is 3.65. The molecule has 0 spiro atoms. The molecule has 1 aromatic heterocycles. The summed E-state index contributed by atoms with van der Waals surface area (Å²) in [6.07, 6.45) is 0.0299. The van der Waals surface area contributed by atoms with Crippen LogP contribution in [0.15, 0.2) is 28.7 Å². The fourth-order valence-corrected chi connectivity index (χ4v) is 2.15. The number of carbonyl (C=O) groups is 1. The van der Waals surface area contributed by atoms with Gasteiger partial charge in [0.05, 0.1) is 13.2 Å². The molecular weight excluding hydrogens is 282 g/mol. The van der Waals surface area contributed by atoms with E-state index in [0.717, 1.165) is 5.39 Å². The zero-order valence-corrected chi connectivity index (χ0v) is 13.5. The molecule has 0 aliphatic heterocycles. The maximum atomic E-state index is 12.1. The Hall–Kier alpha value is -2.01. The van der Waals surface area contributed by atoms with Crippen LogP contribution in [0, 0.1) is 5.41 Å². The number of benzene rings is 1. The Morgan fingerprint density at radius 3 is 2.77 bits per heavy atom. The maximum absolute atomic E-state index is 12.1. The molecule has 0 bridgehead atoms. The van der Waals surface area contributed by atoms with Crippen molar-refractivity contribution >= 4 is 16.9 Å². The van der Waals surface area contributed by atoms with Gasteiger partial charge in [-0.05, 0) is 24.0 Å². The predicted molar refractivity (Wildman–Crippen MR) is 85.2 cm³/mol. The van der Waals surface area contributed by atoms with Gasteiger partial charge in [0, 0.05) is 11.9 Å². The molecule has 5 heteroatoms. The van der Waals surface area contributed by atoms with Crippen molar-refractivity contribution in [2.24, 2.45) is 5.41 Å². The van der Waals surface area contributed by atoms with Crippen molar-refractivity contribution in [3.8, 4) is 5.75 Å². The monoisotopic (exact) mass is 305 g/mol. The number of fused-ring (bicyclic) bond motifs is 1. The van der Waals surface area contributed by atoms with Gasteiger partial charge in [0.1, 0.15) is 0 Å². The third-order valence-corrected chi connectivity index (χ3v) is 3.65. The first-order chi connectivity index (χ1) is 10.3. The molecule has 5 nitrogen and oxygen atoms in total. The quantitative estimate of drug-likeness (QED) is 0.891. The number of para-hydroxylation sites is 1. The minimum absolute atomic E-state index is 0.197. The van der Waals surface area contributed by atoms with Crippen LogP contribution >= 0.6 is 0 Å². The summed E-state index contributed by atoms with van der Waals surface area (Å²) in [4.78, 5) is 12.1. The molecule has 22 heavy (non-hydrogen) atoms. The minimum Gasteiger partial charge on any atom is -0.493 e. The normalized spacial score (nSPS) is 13.1. The number of rotatable bonds is 5. The molecule has 2 aromatic rings. The summed E-state index contributed by atoms with van der Waals surface area (Å²) in [7, 11) is 1.56. The summed E-state index contributed by atoms with van der Waals surface area (Å²) >= 11 is 0. The van der Waals surface area contributed by atoms with E-state index in [1.54, 1.807) is 19.2 Å². The van der Waals surface area contributed by atoms with E-state index in [9.17, 15) is 9.90 Å². The van der Waals surface area contributed by atoms with E-state index in [1.807, 2.05) is 32.9 Å². The van der Waals surface area contributed by atoms with Gasteiger partial charge in [-0.3, -0.25) is 4.79 Å². The standard InChI is InChI=1S/C17H23NO4/c1-17(2,3)14(19)8-9-18-16(20)13-10-11-6-5-7-12(21-4)15(11)22-13/h5-7,10,14,19H,8-9H2,1-4H3,(H,18,20). The lowest BCUT2D eigenvalue weighted by Gasteiger charge is -2.25. The highest BCUT2D eigenvalue weighted by Crippen LogP contribution is 2.28. The largest absolute Gasteiger partial charge is 0.493 e. The summed E-state index contributed by atoms with van der Waals surface area (Å²) in [6, 6.07) is 7.18. The minimum atomic E-state index is -0.469. The number of hydrogen-bond acceptors (Lipinski definition) is 4. The first-order valence-corrected chi connectivity index (χ1v) is 7.35. The van der Waals surface area contributed by atoms with Gasteiger partial charge in [-0.2, -0.15) is 0 Å². The highest BCUT2D eigenvalue weighted by molar-refractivity contribution is 5.97. The summed E-state index contributed by atoms with van der Waals surface area (Å²) in [5, 5.41) is 13.5. The van der Waals surface area contributed by atoms with Gasteiger partial charge in [-0.1, -0.05) is 32.9 Å². The van der Waals surface area contributed by atoms with Gasteiger partial charge >= 0.3 is 0 Å². The number of aliphatic hydroxyl groups excluding tert-OH is 1. The molecule has 0 fully saturated rings. The molecule has 120 valence electrons. The van der Waals surface area contributed by atoms with Crippen molar-refractivity contribution < 1.29 is 19.1 Å². The molecule has 0 saturated carbocycles. The third kappa shape index (κ3) is 3.60. The van der Waals surface area contributed by atoms with Crippen molar-refractivity contribution in [1.29, 1.82) is 0 Å². The van der Waals surface area contributed by atoms with E-state index in [0.29, 0.717) is 24.3 Å². The molecule has 1 unspecified atom stereocenters. The smallest absolute Gasteiger partial charge is 0.287 e. The topological polar surface area (TPSA) is 71.7 Å². The predicted octanol–water partition coefficient (Wildman–Crippen LogP) is 2.97. The van der Waals surface area contributed by atoms with E-state index in [-0.39, 0.29) is 17.1 Å². The van der Waals surface area contributed by atoms with Crippen LogP contribution in [0.3, 0.4) is 0 Å². The number of methoxy groups -OCH3 is 1. The lowest BCUT2D eigenvalue weighted by molar-refractivity contribution is 0.0549. The first kappa shape index (κ1) is 16.4. The molecule has 0 radical (unpaired) electrons. The van der Waals surface area contributed by atoms with Gasteiger partial charge in [0.25, 0.3) is 5.91 Å². The maximum Gasteiger partial charge on any atom is 0.287 e. The Bertz CT molecular complexity index is 654. The fourth-order valence-electron chi connectivity index (χ4n) is 2.15. The lowest BCUT2D eigenvalue weighted by atomic mass is 9.87. The Balaban J connectivity index is 2.01. The van der Waals surface area contributed by atoms with Crippen LogP contribution in [0.25, 0.3) is 11.0 Å². The number of carbonyl (C=O) groups excluding carboxylic acids is 1. The van der Waals surface area contributed by atoms with Crippen molar-refractivity contribution in [2.75, 3.05) is 13.7 Å². The molecule has 0 aliphatic rings. The fraction of sp³-hybridized carbons (Fsp3) is 0.471. The van der Waals surface area contributed by atoms with E-state index in [1.165, 1.54) is 0 Å². The second-order valence-electron chi connectivity index (χ2n) is 6.42. The first-order valence-electron chi connectivity index (χ1n) is 7.35. The van der Waals surface area contributed by atoms with Crippen LogP contribution < -0.4 is 10.1 Å². The average molecular weight is 305 g/mol. The van der Waals surface area contributed by atoms with Crippen LogP contribution in [0.4, 0.5) is 0 Å². The van der Waals surface area contributed by atoms with Crippen LogP contribution in [-0.2, 0) is 0 Å². The Labute approximate surface area is 130 Å². The number of hydrogen-bond donors (Lipinski definition) is 2. The highest BCUT2D eigenvalue weighted by Gasteiger charge is 2.22. The molecule has 0 saturated heterocycles. The molecule has 1 aromatic carbocycles. The van der Waals surface area contributed by atoms with Gasteiger partial charge in [-0.15, -0.1) is 0 Å². The van der Waals surface area contributed by atoms with E-state index < -0.39 is 6.10 Å². The molecular formula is C17H23NO4. The van der Waals surface area contributed by atoms with Crippen molar-refractivity contribution in [1.82, 2.24) is 5.32 Å². The Kier molecular flexibility index (Phi) is 4.76. The van der Waals surface area contributed by atoms with Crippen LogP contribution in [0.5, 0.6) is 5.75 Å². The number of amides is 1. The van der Waals surface area contributed by atoms with Gasteiger partial charge in [0.2, 0.25) is 0 Å². The number of furan rings is 1. The second-order valence-corrected chi connectivity index (χ2v) is 6.42. The summed E-state index contributed by atoms with van der Waals surface area (Å²) in [5.41, 5.74) is 0.363. The lowest BCUT2D eigenvalue weighted by Crippen LogP contribution is -2.32. The summed E-state index contributed by atoms with van der Waals surface area (Å²) in [6.45, 7) is 6.28. The summed E-state index contributed by atoms with van der Waals surface area (Å²) in [5.74, 6) is 0.545. The number of aliphatic hydroxyl groups is 1. The van der Waals surface area contributed by atoms with Gasteiger partial charge < -0.3 is 19.6 Å². The molecule has 1 atom stereocenters. The van der Waals surface area contributed by atoms with E-state index in [2.05, 4.69) is 5.32 Å². The number of nitrogens with one attached hydrogen (secondary N) is 1. The van der Waals surface area contributed by atoms with Gasteiger partial charge in [-0.25, -0.2) is 0 Å². The van der Waals surface area contributed by atoms with Crippen LogP contribution in [0.2, 0.25) is 0 Å².